The van der Waals surface area contributed by atoms with Crippen LogP contribution < -0.4 is 0 Å². The Morgan fingerprint density at radius 1 is 0.833 bits per heavy atom. The monoisotopic (exact) mass is 716 g/mol. The van der Waals surface area contributed by atoms with Gasteiger partial charge in [-0.15, -0.1) is 0 Å². The topological polar surface area (TPSA) is 34.0 Å². The van der Waals surface area contributed by atoms with Gasteiger partial charge in [-0.05, 0) is 65.1 Å². The first-order valence-corrected chi connectivity index (χ1v) is 20.6. The molecule has 0 saturated heterocycles. The molecule has 13 heteroatoms. The summed E-state index contributed by atoms with van der Waals surface area (Å²) in [6, 6.07) is -1.80. The fraction of sp³-hybridized carbons (Fsp3) is 0.913. The Morgan fingerprint density at radius 2 is 1.25 bits per heavy atom. The van der Waals surface area contributed by atoms with Crippen LogP contribution in [0.3, 0.4) is 0 Å². The molecule has 216 valence electrons. The van der Waals surface area contributed by atoms with E-state index in [1.807, 2.05) is 19.6 Å². The molecular formula is C23H38Br2F6N2NiOSi. The van der Waals surface area contributed by atoms with Gasteiger partial charge in [-0.3, -0.25) is 9.98 Å². The summed E-state index contributed by atoms with van der Waals surface area (Å²) in [4.78, 5) is 8.93. The van der Waals surface area contributed by atoms with Crippen molar-refractivity contribution in [2.24, 2.45) is 21.8 Å². The van der Waals surface area contributed by atoms with E-state index in [-0.39, 0.29) is 12.8 Å². The second kappa shape index (κ2) is 16.0. The number of aliphatic imine (C=N–C) groups is 2. The van der Waals surface area contributed by atoms with Crippen molar-refractivity contribution in [1.29, 1.82) is 0 Å². The van der Waals surface area contributed by atoms with Crippen LogP contribution in [0.15, 0.2) is 9.98 Å². The number of halogens is 8. The van der Waals surface area contributed by atoms with E-state index in [2.05, 4.69) is 38.4 Å². The van der Waals surface area contributed by atoms with Crippen LogP contribution in [0.4, 0.5) is 26.3 Å². The summed E-state index contributed by atoms with van der Waals surface area (Å²) in [6.45, 7) is 8.19. The van der Waals surface area contributed by atoms with Crippen molar-refractivity contribution in [3.63, 3.8) is 0 Å². The fourth-order valence-electron chi connectivity index (χ4n) is 4.78. The molecule has 0 N–H and O–H groups in total. The zero-order valence-corrected chi connectivity index (χ0v) is 26.4. The van der Waals surface area contributed by atoms with Crippen LogP contribution in [-0.4, -0.2) is 50.8 Å². The number of rotatable bonds is 8. The first-order valence-electron chi connectivity index (χ1n) is 12.3. The maximum atomic E-state index is 13.6. The Morgan fingerprint density at radius 3 is 1.67 bits per heavy atom. The van der Waals surface area contributed by atoms with Gasteiger partial charge in [-0.2, -0.15) is 26.3 Å². The predicted molar refractivity (Wildman–Crippen MR) is 141 cm³/mol. The van der Waals surface area contributed by atoms with Crippen molar-refractivity contribution in [1.82, 2.24) is 0 Å². The van der Waals surface area contributed by atoms with E-state index < -0.39 is 44.6 Å². The van der Waals surface area contributed by atoms with Crippen LogP contribution in [-0.2, 0) is 15.3 Å². The Balaban J connectivity index is 0.00000205. The van der Waals surface area contributed by atoms with Crippen LogP contribution >= 0.6 is 28.5 Å². The third kappa shape index (κ3) is 13.1. The quantitative estimate of drug-likeness (QED) is 0.107. The molecule has 2 fully saturated rings. The van der Waals surface area contributed by atoms with Gasteiger partial charge in [0.05, 0.1) is 35.3 Å². The molecule has 0 aromatic rings. The summed E-state index contributed by atoms with van der Waals surface area (Å²) in [6.07, 6.45) is -4.65. The summed E-state index contributed by atoms with van der Waals surface area (Å²) in [7, 11) is -0.494. The van der Waals surface area contributed by atoms with E-state index >= 15 is 0 Å². The van der Waals surface area contributed by atoms with Gasteiger partial charge in [-0.1, -0.05) is 25.7 Å². The van der Waals surface area contributed by atoms with Crippen LogP contribution in [0.1, 0.15) is 71.1 Å². The van der Waals surface area contributed by atoms with Crippen LogP contribution in [0.5, 0.6) is 0 Å². The summed E-state index contributed by atoms with van der Waals surface area (Å²) in [5.74, 6) is -3.01. The molecule has 0 aromatic carbocycles. The van der Waals surface area contributed by atoms with Crippen LogP contribution in [0.2, 0.25) is 19.6 Å². The molecule has 2 rings (SSSR count). The third-order valence-electron chi connectivity index (χ3n) is 6.49. The molecule has 0 aromatic heterocycles. The summed E-state index contributed by atoms with van der Waals surface area (Å²) in [5.41, 5.74) is 0.748. The number of nitrogens with zero attached hydrogens (tertiary/aromatic N) is 2. The van der Waals surface area contributed by atoms with E-state index in [4.69, 9.17) is 4.43 Å². The standard InChI is InChI=1S/C23H38F6N2OSi.2BrH.Ni/c1-16(30-20-12-7-5-10-17(20)22(24,25)26)19(14-9-15-32-33(2,3)4)31-21-13-8-6-11-18(21)23(27,28)29;;;/h17-18,20-21H,5-15H2,1-4H3;2*1H;/q;;;+2/p-2. The average Bonchev–Trinajstić information content (AvgIpc) is 2.75. The predicted octanol–water partition coefficient (Wildman–Crippen LogP) is 9.45. The third-order valence-corrected chi connectivity index (χ3v) is 7.56. The van der Waals surface area contributed by atoms with E-state index in [0.717, 1.165) is 0 Å². The van der Waals surface area contributed by atoms with Crippen molar-refractivity contribution in [2.75, 3.05) is 6.61 Å². The zero-order chi connectivity index (χ0) is 27.6. The number of hydrogen-bond acceptors (Lipinski definition) is 3. The second-order valence-corrected chi connectivity index (χ2v) is 19.9. The normalized spacial score (nSPS) is 27.0. The van der Waals surface area contributed by atoms with Crippen LogP contribution in [0.25, 0.3) is 0 Å². The summed E-state index contributed by atoms with van der Waals surface area (Å²) < 4.78 is 87.2. The zero-order valence-electron chi connectivity index (χ0n) is 21.2. The Hall–Kier alpha value is 0.550. The average molecular weight is 719 g/mol. The Kier molecular flexibility index (Phi) is 15.3. The van der Waals surface area contributed by atoms with Gasteiger partial charge in [0, 0.05) is 6.61 Å². The van der Waals surface area contributed by atoms with E-state index in [1.54, 1.807) is 6.92 Å². The molecule has 0 bridgehead atoms. The van der Waals surface area contributed by atoms with Gasteiger partial charge in [0.25, 0.3) is 0 Å². The van der Waals surface area contributed by atoms with Gasteiger partial charge in [0.2, 0.25) is 0 Å². The first kappa shape index (κ1) is 34.6. The molecule has 0 amide bonds. The molecular weight excluding hydrogens is 681 g/mol. The van der Waals surface area contributed by atoms with Crippen molar-refractivity contribution in [3.05, 3.63) is 0 Å². The van der Waals surface area contributed by atoms with Gasteiger partial charge in [0.1, 0.15) is 0 Å². The molecule has 3 nitrogen and oxygen atoms in total. The molecule has 2 aliphatic carbocycles. The minimum atomic E-state index is -4.34. The summed E-state index contributed by atoms with van der Waals surface area (Å²) >= 11 is 6.00. The van der Waals surface area contributed by atoms with Crippen molar-refractivity contribution in [3.8, 4) is 0 Å². The van der Waals surface area contributed by atoms with E-state index in [1.165, 1.54) is 10.9 Å². The van der Waals surface area contributed by atoms with Gasteiger partial charge < -0.3 is 4.43 Å². The molecule has 4 unspecified atom stereocenters. The maximum absolute atomic E-state index is 13.6. The molecule has 2 aliphatic rings. The first-order chi connectivity index (χ1) is 16.6. The molecule has 0 spiro atoms. The molecule has 36 heavy (non-hydrogen) atoms. The van der Waals surface area contributed by atoms with Gasteiger partial charge >= 0.3 is 51.7 Å². The Labute approximate surface area is 232 Å². The minimum absolute atomic E-state index is 0.0403. The van der Waals surface area contributed by atoms with E-state index in [0.29, 0.717) is 69.4 Å². The SMILES string of the molecule is CC(=NC1CCCCC1C(F)(F)F)C(CCCO[Si](C)(C)C)=NC1CCCCC1C(F)(F)F.[Br][Ni][Br]. The Bertz CT molecular complexity index is 716. The van der Waals surface area contributed by atoms with Crippen molar-refractivity contribution < 1.29 is 41.7 Å². The van der Waals surface area contributed by atoms with E-state index in [9.17, 15) is 26.3 Å². The molecule has 4 atom stereocenters. The molecule has 2 saturated carbocycles. The fourth-order valence-corrected chi connectivity index (χ4v) is 5.53. The van der Waals surface area contributed by atoms with Crippen molar-refractivity contribution >= 4 is 48.2 Å². The number of hydrogen-bond donors (Lipinski definition) is 0. The molecule has 0 heterocycles. The second-order valence-electron chi connectivity index (χ2n) is 10.4. The number of alkyl halides is 6. The van der Waals surface area contributed by atoms with Crippen molar-refractivity contribution in [2.45, 2.75) is 115 Å². The summed E-state index contributed by atoms with van der Waals surface area (Å²) in [5, 5.41) is 0. The molecule has 0 aliphatic heterocycles. The van der Waals surface area contributed by atoms with Crippen LogP contribution in [0, 0.1) is 11.8 Å². The molecule has 0 radical (unpaired) electrons. The van der Waals surface area contributed by atoms with Gasteiger partial charge in [0.15, 0.2) is 8.32 Å². The van der Waals surface area contributed by atoms with Gasteiger partial charge in [-0.25, -0.2) is 0 Å².